The third-order valence-electron chi connectivity index (χ3n) is 3.36. The molecule has 0 fully saturated rings. The van der Waals surface area contributed by atoms with Crippen molar-refractivity contribution in [3.63, 3.8) is 0 Å². The van der Waals surface area contributed by atoms with Gasteiger partial charge in [0.1, 0.15) is 0 Å². The Morgan fingerprint density at radius 3 is 2.78 bits per heavy atom. The Balaban J connectivity index is 2.27. The molecule has 0 bridgehead atoms. The lowest BCUT2D eigenvalue weighted by molar-refractivity contribution is -0.137. The molecule has 1 aromatic carbocycles. The summed E-state index contributed by atoms with van der Waals surface area (Å²) in [7, 11) is 0. The van der Waals surface area contributed by atoms with Crippen LogP contribution in [-0.2, 0) is 11.2 Å². The molecule has 1 unspecified atom stereocenters. The van der Waals surface area contributed by atoms with Crippen LogP contribution < -0.4 is 5.32 Å². The fraction of sp³-hybridized carbons (Fsp3) is 0.312. The van der Waals surface area contributed by atoms with Gasteiger partial charge < -0.3 is 10.4 Å². The second kappa shape index (κ2) is 7.28. The number of hydrogen-bond acceptors (Lipinski definition) is 3. The van der Waals surface area contributed by atoms with Crippen LogP contribution in [0, 0.1) is 0 Å². The summed E-state index contributed by atoms with van der Waals surface area (Å²) in [6, 6.07) is 6.74. The summed E-state index contributed by atoms with van der Waals surface area (Å²) < 4.78 is 1.67. The Hall–Kier alpha value is -2.34. The highest BCUT2D eigenvalue weighted by atomic mass is 35.5. The zero-order valence-corrected chi connectivity index (χ0v) is 13.7. The summed E-state index contributed by atoms with van der Waals surface area (Å²) in [4.78, 5) is 23.0. The van der Waals surface area contributed by atoms with Crippen molar-refractivity contribution in [2.75, 3.05) is 0 Å². The zero-order valence-electron chi connectivity index (χ0n) is 12.9. The van der Waals surface area contributed by atoms with Crippen molar-refractivity contribution in [2.24, 2.45) is 0 Å². The molecule has 1 heterocycles. The highest BCUT2D eigenvalue weighted by Crippen LogP contribution is 2.19. The Kier molecular flexibility index (Phi) is 5.39. The summed E-state index contributed by atoms with van der Waals surface area (Å²) in [5, 5.41) is 16.3. The number of carbonyl (C=O) groups is 2. The van der Waals surface area contributed by atoms with E-state index in [0.29, 0.717) is 17.0 Å². The van der Waals surface area contributed by atoms with Crippen molar-refractivity contribution in [1.82, 2.24) is 15.1 Å². The first-order chi connectivity index (χ1) is 10.9. The number of nitrogens with one attached hydrogen (secondary N) is 1. The molecule has 0 aliphatic rings. The molecular weight excluding hydrogens is 318 g/mol. The van der Waals surface area contributed by atoms with Crippen molar-refractivity contribution in [1.29, 1.82) is 0 Å². The Bertz CT molecular complexity index is 727. The molecule has 1 amide bonds. The van der Waals surface area contributed by atoms with Crippen molar-refractivity contribution >= 4 is 23.5 Å². The molecule has 122 valence electrons. The number of halogens is 1. The van der Waals surface area contributed by atoms with Gasteiger partial charge in [-0.3, -0.25) is 9.59 Å². The lowest BCUT2D eigenvalue weighted by atomic mass is 10.1. The first-order valence-corrected chi connectivity index (χ1v) is 7.65. The van der Waals surface area contributed by atoms with E-state index >= 15 is 0 Å². The summed E-state index contributed by atoms with van der Waals surface area (Å²) in [6.07, 6.45) is 1.96. The van der Waals surface area contributed by atoms with Crippen LogP contribution in [0.2, 0.25) is 5.02 Å². The third kappa shape index (κ3) is 4.10. The number of carbonyl (C=O) groups excluding carboxylic acids is 1. The number of hydrogen-bond donors (Lipinski definition) is 2. The second-order valence-corrected chi connectivity index (χ2v) is 5.66. The maximum Gasteiger partial charge on any atom is 0.305 e. The van der Waals surface area contributed by atoms with Crippen LogP contribution >= 0.6 is 11.6 Å². The molecule has 0 saturated carbocycles. The third-order valence-corrected chi connectivity index (χ3v) is 3.59. The highest BCUT2D eigenvalue weighted by molar-refractivity contribution is 6.30. The van der Waals surface area contributed by atoms with Gasteiger partial charge in [-0.15, -0.1) is 0 Å². The maximum absolute atomic E-state index is 12.3. The van der Waals surface area contributed by atoms with Crippen LogP contribution in [0.5, 0.6) is 0 Å². The van der Waals surface area contributed by atoms with Gasteiger partial charge in [0.25, 0.3) is 5.91 Å². The van der Waals surface area contributed by atoms with E-state index in [1.165, 1.54) is 6.20 Å². The van der Waals surface area contributed by atoms with Crippen molar-refractivity contribution in [2.45, 2.75) is 32.7 Å². The number of aliphatic carboxylic acids is 1. The molecule has 1 aromatic heterocycles. The molecule has 0 aliphatic carbocycles. The van der Waals surface area contributed by atoms with Gasteiger partial charge in [-0.2, -0.15) is 5.10 Å². The second-order valence-electron chi connectivity index (χ2n) is 5.22. The molecule has 1 atom stereocenters. The molecule has 23 heavy (non-hydrogen) atoms. The van der Waals surface area contributed by atoms with Crippen molar-refractivity contribution < 1.29 is 14.7 Å². The molecule has 2 aromatic rings. The topological polar surface area (TPSA) is 84.2 Å². The number of benzene rings is 1. The average Bonchev–Trinajstić information content (AvgIpc) is 2.90. The van der Waals surface area contributed by atoms with E-state index < -0.39 is 12.0 Å². The lowest BCUT2D eigenvalue weighted by Crippen LogP contribution is -2.34. The van der Waals surface area contributed by atoms with Gasteiger partial charge >= 0.3 is 5.97 Å². The van der Waals surface area contributed by atoms with Crippen molar-refractivity contribution in [3.05, 3.63) is 46.7 Å². The van der Waals surface area contributed by atoms with E-state index in [2.05, 4.69) is 10.4 Å². The Morgan fingerprint density at radius 2 is 2.17 bits per heavy atom. The summed E-state index contributed by atoms with van der Waals surface area (Å²) >= 11 is 6.00. The molecular formula is C16H18ClN3O3. The van der Waals surface area contributed by atoms with E-state index in [-0.39, 0.29) is 12.3 Å². The summed E-state index contributed by atoms with van der Waals surface area (Å²) in [5.74, 6) is -1.29. The zero-order chi connectivity index (χ0) is 17.0. The lowest BCUT2D eigenvalue weighted by Gasteiger charge is -2.12. The Labute approximate surface area is 139 Å². The van der Waals surface area contributed by atoms with Gasteiger partial charge in [0.05, 0.1) is 29.6 Å². The van der Waals surface area contributed by atoms with Crippen molar-refractivity contribution in [3.8, 4) is 5.69 Å². The van der Waals surface area contributed by atoms with E-state index in [1.807, 2.05) is 19.1 Å². The van der Waals surface area contributed by atoms with E-state index in [1.54, 1.807) is 23.7 Å². The minimum atomic E-state index is -0.955. The van der Waals surface area contributed by atoms with Crippen LogP contribution in [-0.4, -0.2) is 32.8 Å². The first kappa shape index (κ1) is 17.0. The van der Waals surface area contributed by atoms with E-state index in [4.69, 9.17) is 16.7 Å². The quantitative estimate of drug-likeness (QED) is 0.850. The standard InChI is InChI=1S/C16H18ClN3O3/c1-3-14-13(16(23)19-10(2)7-15(21)22)9-18-20(14)12-6-4-5-11(17)8-12/h4-6,8-10H,3,7H2,1-2H3,(H,19,23)(H,21,22). The number of amides is 1. The molecule has 2 rings (SSSR count). The fourth-order valence-corrected chi connectivity index (χ4v) is 2.53. The van der Waals surface area contributed by atoms with Gasteiger partial charge in [-0.1, -0.05) is 24.6 Å². The first-order valence-electron chi connectivity index (χ1n) is 7.27. The normalized spacial score (nSPS) is 12.0. The van der Waals surface area contributed by atoms with E-state index in [0.717, 1.165) is 11.4 Å². The predicted molar refractivity (Wildman–Crippen MR) is 87.1 cm³/mol. The molecule has 7 heteroatoms. The molecule has 2 N–H and O–H groups in total. The minimum Gasteiger partial charge on any atom is -0.481 e. The molecule has 6 nitrogen and oxygen atoms in total. The smallest absolute Gasteiger partial charge is 0.305 e. The summed E-state index contributed by atoms with van der Waals surface area (Å²) in [6.45, 7) is 3.58. The van der Waals surface area contributed by atoms with E-state index in [9.17, 15) is 9.59 Å². The minimum absolute atomic E-state index is 0.129. The number of carboxylic acids is 1. The molecule has 0 spiro atoms. The van der Waals surface area contributed by atoms with Gasteiger partial charge in [0.15, 0.2) is 0 Å². The molecule has 0 aliphatic heterocycles. The maximum atomic E-state index is 12.3. The number of nitrogens with zero attached hydrogens (tertiary/aromatic N) is 2. The number of carboxylic acid groups (broad SMARTS) is 1. The molecule has 0 saturated heterocycles. The average molecular weight is 336 g/mol. The van der Waals surface area contributed by atoms with Crippen LogP contribution in [0.25, 0.3) is 5.69 Å². The summed E-state index contributed by atoms with van der Waals surface area (Å²) in [5.41, 5.74) is 1.95. The van der Waals surface area contributed by atoms with Gasteiger partial charge in [-0.25, -0.2) is 4.68 Å². The van der Waals surface area contributed by atoms with Crippen LogP contribution in [0.15, 0.2) is 30.5 Å². The monoisotopic (exact) mass is 335 g/mol. The van der Waals surface area contributed by atoms with Gasteiger partial charge in [0.2, 0.25) is 0 Å². The van der Waals surface area contributed by atoms with Gasteiger partial charge in [-0.05, 0) is 31.5 Å². The number of aromatic nitrogens is 2. The van der Waals surface area contributed by atoms with Crippen LogP contribution in [0.4, 0.5) is 0 Å². The molecule has 0 radical (unpaired) electrons. The van der Waals surface area contributed by atoms with Crippen LogP contribution in [0.1, 0.15) is 36.3 Å². The number of rotatable bonds is 6. The highest BCUT2D eigenvalue weighted by Gasteiger charge is 2.19. The fourth-order valence-electron chi connectivity index (χ4n) is 2.35. The van der Waals surface area contributed by atoms with Gasteiger partial charge in [0, 0.05) is 11.1 Å². The SMILES string of the molecule is CCc1c(C(=O)NC(C)CC(=O)O)cnn1-c1cccc(Cl)c1. The largest absolute Gasteiger partial charge is 0.481 e. The van der Waals surface area contributed by atoms with Crippen LogP contribution in [0.3, 0.4) is 0 Å². The predicted octanol–water partition coefficient (Wildman–Crippen LogP) is 2.68. The Morgan fingerprint density at radius 1 is 1.43 bits per heavy atom.